The van der Waals surface area contributed by atoms with Crippen molar-refractivity contribution in [3.63, 3.8) is 0 Å². The number of pyridine rings is 1. The average Bonchev–Trinajstić information content (AvgIpc) is 2.84. The van der Waals surface area contributed by atoms with E-state index in [1.807, 2.05) is 6.92 Å². The van der Waals surface area contributed by atoms with Crippen LogP contribution >= 0.6 is 0 Å². The molecule has 3 rings (SSSR count). The normalized spacial score (nSPS) is 22.6. The van der Waals surface area contributed by atoms with Crippen molar-refractivity contribution in [3.8, 4) is 17.7 Å². The van der Waals surface area contributed by atoms with Crippen LogP contribution < -0.4 is 4.74 Å². The molecule has 1 aromatic heterocycles. The van der Waals surface area contributed by atoms with E-state index in [-0.39, 0.29) is 35.8 Å². The van der Waals surface area contributed by atoms with Crippen molar-refractivity contribution in [1.82, 2.24) is 19.7 Å². The predicted molar refractivity (Wildman–Crippen MR) is 129 cm³/mol. The first-order valence-electron chi connectivity index (χ1n) is 12.0. The van der Waals surface area contributed by atoms with E-state index in [4.69, 9.17) is 9.47 Å². The quantitative estimate of drug-likeness (QED) is 0.530. The first-order valence-corrected chi connectivity index (χ1v) is 12.0. The van der Waals surface area contributed by atoms with E-state index in [2.05, 4.69) is 21.7 Å². The number of aromatic nitrogens is 1. The fraction of sp³-hybridized carbons (Fsp3) is 0.640. The zero-order valence-corrected chi connectivity index (χ0v) is 20.9. The summed E-state index contributed by atoms with van der Waals surface area (Å²) in [6, 6.07) is 1.18. The number of aliphatic hydroxyl groups excluding tert-OH is 2. The minimum absolute atomic E-state index is 0.0154. The van der Waals surface area contributed by atoms with E-state index in [1.165, 1.54) is 6.20 Å². The Kier molecular flexibility index (Phi) is 9.46. The molecular formula is C25H36N4O6. The third-order valence-corrected chi connectivity index (χ3v) is 6.29. The molecular weight excluding hydrogens is 452 g/mol. The number of rotatable bonds is 6. The smallest absolute Gasteiger partial charge is 0.259 e. The van der Waals surface area contributed by atoms with Crippen LogP contribution in [0.4, 0.5) is 0 Å². The second-order valence-electron chi connectivity index (χ2n) is 9.31. The van der Waals surface area contributed by atoms with Gasteiger partial charge in [-0.2, -0.15) is 0 Å². The van der Waals surface area contributed by atoms with Gasteiger partial charge in [0, 0.05) is 44.4 Å². The van der Waals surface area contributed by atoms with Crippen LogP contribution in [0.1, 0.15) is 36.7 Å². The van der Waals surface area contributed by atoms with E-state index >= 15 is 0 Å². The molecule has 0 unspecified atom stereocenters. The number of hydrogen-bond acceptors (Lipinski definition) is 8. The summed E-state index contributed by atoms with van der Waals surface area (Å²) >= 11 is 0. The number of nitrogens with zero attached hydrogens (tertiary/aromatic N) is 4. The number of fused-ring (bicyclic) bond motifs is 1. The Labute approximate surface area is 206 Å². The highest BCUT2D eigenvalue weighted by molar-refractivity contribution is 5.97. The molecule has 35 heavy (non-hydrogen) atoms. The molecule has 2 N–H and O–H groups in total. The first kappa shape index (κ1) is 26.9. The standard InChI is InChI=1S/C25H36N4O6/c1-17-13-29(18(2)16-30)25(33)21-11-20(6-5-19(3)31)12-26-24(21)35-22(17)14-27(4)23(32)15-28-7-9-34-10-8-28/h11-12,17-19,22,30-31H,7-10,13-16H2,1-4H3/t17-,18+,19-,22-/m1/s1. The topological polar surface area (TPSA) is 116 Å². The van der Waals surface area contributed by atoms with E-state index < -0.39 is 18.2 Å². The molecule has 1 fully saturated rings. The summed E-state index contributed by atoms with van der Waals surface area (Å²) in [5.74, 6) is 5.17. The number of amides is 2. The maximum atomic E-state index is 13.4. The zero-order chi connectivity index (χ0) is 25.5. The summed E-state index contributed by atoms with van der Waals surface area (Å²) in [6.07, 6.45) is 0.263. The molecule has 2 aliphatic heterocycles. The molecule has 4 atom stereocenters. The van der Waals surface area contributed by atoms with Gasteiger partial charge in [-0.05, 0) is 19.9 Å². The van der Waals surface area contributed by atoms with Crippen LogP contribution in [-0.4, -0.2) is 120 Å². The highest BCUT2D eigenvalue weighted by atomic mass is 16.5. The van der Waals surface area contributed by atoms with Gasteiger partial charge in [-0.1, -0.05) is 18.8 Å². The molecule has 192 valence electrons. The first-order chi connectivity index (χ1) is 16.7. The number of ether oxygens (including phenoxy) is 2. The van der Waals surface area contributed by atoms with E-state index in [0.717, 1.165) is 13.1 Å². The molecule has 2 amide bonds. The van der Waals surface area contributed by atoms with Gasteiger partial charge < -0.3 is 29.5 Å². The molecule has 2 aliphatic rings. The van der Waals surface area contributed by atoms with Crippen LogP contribution in [0.25, 0.3) is 0 Å². The van der Waals surface area contributed by atoms with Gasteiger partial charge in [-0.3, -0.25) is 14.5 Å². The number of likely N-dealkylation sites (N-methyl/N-ethyl adjacent to an activating group) is 1. The minimum Gasteiger partial charge on any atom is -0.472 e. The predicted octanol–water partition coefficient (Wildman–Crippen LogP) is -0.175. The molecule has 3 heterocycles. The van der Waals surface area contributed by atoms with Gasteiger partial charge >= 0.3 is 0 Å². The monoisotopic (exact) mass is 488 g/mol. The van der Waals surface area contributed by atoms with Gasteiger partial charge in [-0.15, -0.1) is 0 Å². The SMILES string of the molecule is C[C@@H]1CN([C@@H](C)CO)C(=O)c2cc(C#C[C@@H](C)O)cnc2O[C@@H]1CN(C)C(=O)CN1CCOCC1. The van der Waals surface area contributed by atoms with Crippen molar-refractivity contribution < 1.29 is 29.3 Å². The summed E-state index contributed by atoms with van der Waals surface area (Å²) in [5, 5.41) is 19.2. The summed E-state index contributed by atoms with van der Waals surface area (Å²) in [6.45, 7) is 8.79. The Morgan fingerprint density at radius 2 is 2.06 bits per heavy atom. The maximum absolute atomic E-state index is 13.4. The van der Waals surface area contributed by atoms with E-state index in [1.54, 1.807) is 36.8 Å². The largest absolute Gasteiger partial charge is 0.472 e. The molecule has 0 aromatic carbocycles. The summed E-state index contributed by atoms with van der Waals surface area (Å²) in [5.41, 5.74) is 0.711. The highest BCUT2D eigenvalue weighted by Crippen LogP contribution is 2.27. The Morgan fingerprint density at radius 3 is 2.71 bits per heavy atom. The van der Waals surface area contributed by atoms with Crippen LogP contribution in [-0.2, 0) is 9.53 Å². The lowest BCUT2D eigenvalue weighted by atomic mass is 10.00. The second-order valence-corrected chi connectivity index (χ2v) is 9.31. The lowest BCUT2D eigenvalue weighted by Gasteiger charge is -2.38. The number of morpholine rings is 1. The molecule has 1 saturated heterocycles. The van der Waals surface area contributed by atoms with Gasteiger partial charge in [0.1, 0.15) is 17.8 Å². The van der Waals surface area contributed by atoms with Gasteiger partial charge in [-0.25, -0.2) is 4.98 Å². The molecule has 1 aromatic rings. The number of carbonyl (C=O) groups excluding carboxylic acids is 2. The Balaban J connectivity index is 1.85. The second kappa shape index (κ2) is 12.3. The zero-order valence-electron chi connectivity index (χ0n) is 20.9. The Bertz CT molecular complexity index is 953. The third kappa shape index (κ3) is 7.15. The fourth-order valence-electron chi connectivity index (χ4n) is 4.02. The molecule has 0 spiro atoms. The van der Waals surface area contributed by atoms with Crippen molar-refractivity contribution in [3.05, 3.63) is 23.4 Å². The summed E-state index contributed by atoms with van der Waals surface area (Å²) in [4.78, 5) is 36.0. The Morgan fingerprint density at radius 1 is 1.34 bits per heavy atom. The lowest BCUT2D eigenvalue weighted by Crippen LogP contribution is -2.51. The van der Waals surface area contributed by atoms with Crippen LogP contribution in [0.3, 0.4) is 0 Å². The van der Waals surface area contributed by atoms with Crippen LogP contribution in [0.2, 0.25) is 0 Å². The van der Waals surface area contributed by atoms with Crippen LogP contribution in [0.5, 0.6) is 5.88 Å². The van der Waals surface area contributed by atoms with Crippen molar-refractivity contribution in [2.24, 2.45) is 5.92 Å². The van der Waals surface area contributed by atoms with Crippen molar-refractivity contribution in [2.45, 2.75) is 39.0 Å². The van der Waals surface area contributed by atoms with Crippen LogP contribution in [0.15, 0.2) is 12.3 Å². The van der Waals surface area contributed by atoms with E-state index in [9.17, 15) is 19.8 Å². The fourth-order valence-corrected chi connectivity index (χ4v) is 4.02. The maximum Gasteiger partial charge on any atom is 0.259 e. The lowest BCUT2D eigenvalue weighted by molar-refractivity contribution is -0.133. The van der Waals surface area contributed by atoms with Crippen molar-refractivity contribution in [1.29, 1.82) is 0 Å². The van der Waals surface area contributed by atoms with E-state index in [0.29, 0.717) is 38.4 Å². The van der Waals surface area contributed by atoms with Gasteiger partial charge in [0.15, 0.2) is 0 Å². The van der Waals surface area contributed by atoms with Crippen molar-refractivity contribution >= 4 is 11.8 Å². The molecule has 0 bridgehead atoms. The minimum atomic E-state index is -0.814. The van der Waals surface area contributed by atoms with Gasteiger partial charge in [0.25, 0.3) is 5.91 Å². The van der Waals surface area contributed by atoms with Gasteiger partial charge in [0.2, 0.25) is 11.8 Å². The number of hydrogen-bond donors (Lipinski definition) is 2. The van der Waals surface area contributed by atoms with Crippen molar-refractivity contribution in [2.75, 3.05) is 59.6 Å². The summed E-state index contributed by atoms with van der Waals surface area (Å²) < 4.78 is 11.6. The molecule has 0 aliphatic carbocycles. The number of aliphatic hydroxyl groups is 2. The molecule has 0 saturated carbocycles. The van der Waals surface area contributed by atoms with Crippen LogP contribution in [0, 0.1) is 17.8 Å². The third-order valence-electron chi connectivity index (χ3n) is 6.29. The highest BCUT2D eigenvalue weighted by Gasteiger charge is 2.34. The molecule has 10 nitrogen and oxygen atoms in total. The average molecular weight is 489 g/mol. The Hall–Kier alpha value is -2.71. The van der Waals surface area contributed by atoms with Gasteiger partial charge in [0.05, 0.1) is 39.0 Å². The number of carbonyl (C=O) groups is 2. The summed E-state index contributed by atoms with van der Waals surface area (Å²) in [7, 11) is 1.75. The molecule has 10 heteroatoms. The molecule has 0 radical (unpaired) electrons.